The van der Waals surface area contributed by atoms with Gasteiger partial charge in [-0.1, -0.05) is 18.2 Å². The van der Waals surface area contributed by atoms with E-state index in [9.17, 15) is 5.11 Å². The summed E-state index contributed by atoms with van der Waals surface area (Å²) in [5.74, 6) is 0.276. The lowest BCUT2D eigenvalue weighted by atomic mass is 10.3. The molecule has 2 N–H and O–H groups in total. The molecule has 4 nitrogen and oxygen atoms in total. The summed E-state index contributed by atoms with van der Waals surface area (Å²) in [6, 6.07) is 13.7. The average Bonchev–Trinajstić information content (AvgIpc) is 2.78. The van der Waals surface area contributed by atoms with E-state index in [1.165, 1.54) is 0 Å². The lowest BCUT2D eigenvalue weighted by Gasteiger charge is -2.07. The van der Waals surface area contributed by atoms with Crippen LogP contribution < -0.4 is 5.32 Å². The van der Waals surface area contributed by atoms with E-state index in [2.05, 4.69) is 10.3 Å². The van der Waals surface area contributed by atoms with Crippen molar-refractivity contribution >= 4 is 16.6 Å². The Bertz CT molecular complexity index is 676. The summed E-state index contributed by atoms with van der Waals surface area (Å²) in [7, 11) is 0. The van der Waals surface area contributed by atoms with E-state index < -0.39 is 0 Å². The van der Waals surface area contributed by atoms with Gasteiger partial charge in [0.05, 0.1) is 10.9 Å². The second-order valence-electron chi connectivity index (χ2n) is 4.38. The van der Waals surface area contributed by atoms with Crippen LogP contribution in [0.25, 0.3) is 10.9 Å². The Morgan fingerprint density at radius 2 is 1.95 bits per heavy atom. The van der Waals surface area contributed by atoms with Crippen LogP contribution in [0.5, 0.6) is 5.88 Å². The summed E-state index contributed by atoms with van der Waals surface area (Å²) < 4.78 is 1.81. The SMILES string of the molecule is Oc1c2cccnc2cn1CCNc1ccccc1. The predicted octanol–water partition coefficient (Wildman–Crippen LogP) is 2.85. The quantitative estimate of drug-likeness (QED) is 0.751. The molecular formula is C15H15N3O. The molecule has 0 bridgehead atoms. The molecule has 0 aliphatic rings. The zero-order valence-electron chi connectivity index (χ0n) is 10.5. The number of aromatic nitrogens is 2. The molecule has 0 atom stereocenters. The van der Waals surface area contributed by atoms with Gasteiger partial charge in [0.2, 0.25) is 5.88 Å². The number of benzene rings is 1. The highest BCUT2D eigenvalue weighted by Crippen LogP contribution is 2.24. The average molecular weight is 253 g/mol. The molecule has 0 aliphatic carbocycles. The van der Waals surface area contributed by atoms with Crippen LogP contribution in [0.3, 0.4) is 0 Å². The lowest BCUT2D eigenvalue weighted by Crippen LogP contribution is -2.09. The molecule has 0 saturated carbocycles. The summed E-state index contributed by atoms with van der Waals surface area (Å²) in [5, 5.41) is 14.2. The summed E-state index contributed by atoms with van der Waals surface area (Å²) in [5.41, 5.74) is 1.90. The molecule has 4 heteroatoms. The van der Waals surface area contributed by atoms with Crippen molar-refractivity contribution in [2.24, 2.45) is 0 Å². The third-order valence-electron chi connectivity index (χ3n) is 3.09. The van der Waals surface area contributed by atoms with E-state index in [-0.39, 0.29) is 5.88 Å². The first-order chi connectivity index (χ1) is 9.34. The maximum absolute atomic E-state index is 10.1. The van der Waals surface area contributed by atoms with E-state index in [0.29, 0.717) is 6.54 Å². The van der Waals surface area contributed by atoms with Crippen LogP contribution in [0.4, 0.5) is 5.69 Å². The number of anilines is 1. The highest BCUT2D eigenvalue weighted by atomic mass is 16.3. The van der Waals surface area contributed by atoms with Crippen molar-refractivity contribution in [1.29, 1.82) is 0 Å². The van der Waals surface area contributed by atoms with Crippen molar-refractivity contribution in [3.8, 4) is 5.88 Å². The minimum Gasteiger partial charge on any atom is -0.494 e. The molecule has 0 spiro atoms. The first kappa shape index (κ1) is 11.6. The lowest BCUT2D eigenvalue weighted by molar-refractivity contribution is 0.425. The zero-order valence-corrected chi connectivity index (χ0v) is 10.5. The van der Waals surface area contributed by atoms with E-state index in [1.807, 2.05) is 53.2 Å². The van der Waals surface area contributed by atoms with Gasteiger partial charge in [0, 0.05) is 31.2 Å². The van der Waals surface area contributed by atoms with E-state index in [0.717, 1.165) is 23.1 Å². The van der Waals surface area contributed by atoms with Gasteiger partial charge in [0.15, 0.2) is 0 Å². The normalized spacial score (nSPS) is 10.7. The Kier molecular flexibility index (Phi) is 3.06. The molecule has 3 rings (SSSR count). The first-order valence-electron chi connectivity index (χ1n) is 6.26. The third-order valence-corrected chi connectivity index (χ3v) is 3.09. The Morgan fingerprint density at radius 1 is 1.11 bits per heavy atom. The molecule has 2 aromatic heterocycles. The molecule has 19 heavy (non-hydrogen) atoms. The molecule has 1 aromatic carbocycles. The predicted molar refractivity (Wildman–Crippen MR) is 76.3 cm³/mol. The van der Waals surface area contributed by atoms with Crippen molar-refractivity contribution in [3.05, 3.63) is 54.9 Å². The Morgan fingerprint density at radius 3 is 2.74 bits per heavy atom. The number of para-hydroxylation sites is 1. The highest BCUT2D eigenvalue weighted by molar-refractivity contribution is 5.84. The van der Waals surface area contributed by atoms with Crippen molar-refractivity contribution in [2.45, 2.75) is 6.54 Å². The van der Waals surface area contributed by atoms with Crippen molar-refractivity contribution in [2.75, 3.05) is 11.9 Å². The van der Waals surface area contributed by atoms with Gasteiger partial charge in [-0.2, -0.15) is 0 Å². The highest BCUT2D eigenvalue weighted by Gasteiger charge is 2.07. The molecule has 3 aromatic rings. The Labute approximate surface area is 111 Å². The van der Waals surface area contributed by atoms with Gasteiger partial charge in [-0.25, -0.2) is 0 Å². The Hall–Kier alpha value is -2.49. The van der Waals surface area contributed by atoms with Crippen LogP contribution in [0.15, 0.2) is 54.9 Å². The van der Waals surface area contributed by atoms with Crippen molar-refractivity contribution in [3.63, 3.8) is 0 Å². The number of fused-ring (bicyclic) bond motifs is 1. The van der Waals surface area contributed by atoms with Crippen LogP contribution in [0.2, 0.25) is 0 Å². The maximum atomic E-state index is 10.1. The van der Waals surface area contributed by atoms with E-state index >= 15 is 0 Å². The van der Waals surface area contributed by atoms with Crippen LogP contribution in [-0.4, -0.2) is 21.2 Å². The van der Waals surface area contributed by atoms with Crippen molar-refractivity contribution in [1.82, 2.24) is 9.55 Å². The van der Waals surface area contributed by atoms with Crippen LogP contribution >= 0.6 is 0 Å². The van der Waals surface area contributed by atoms with Crippen LogP contribution in [0, 0.1) is 0 Å². The Balaban J connectivity index is 1.70. The van der Waals surface area contributed by atoms with E-state index in [4.69, 9.17) is 0 Å². The summed E-state index contributed by atoms with van der Waals surface area (Å²) in [4.78, 5) is 4.23. The molecule has 0 radical (unpaired) electrons. The molecule has 2 heterocycles. The summed E-state index contributed by atoms with van der Waals surface area (Å²) in [6.07, 6.45) is 3.60. The molecular weight excluding hydrogens is 238 g/mol. The number of nitrogens with one attached hydrogen (secondary N) is 1. The first-order valence-corrected chi connectivity index (χ1v) is 6.26. The summed E-state index contributed by atoms with van der Waals surface area (Å²) in [6.45, 7) is 1.44. The minimum absolute atomic E-state index is 0.276. The molecule has 96 valence electrons. The van der Waals surface area contributed by atoms with Gasteiger partial charge in [-0.3, -0.25) is 4.98 Å². The number of nitrogens with zero attached hydrogens (tertiary/aromatic N) is 2. The van der Waals surface area contributed by atoms with E-state index in [1.54, 1.807) is 6.20 Å². The fraction of sp³-hybridized carbons (Fsp3) is 0.133. The number of hydrogen-bond acceptors (Lipinski definition) is 3. The van der Waals surface area contributed by atoms with Gasteiger partial charge in [0.25, 0.3) is 0 Å². The monoisotopic (exact) mass is 253 g/mol. The van der Waals surface area contributed by atoms with Gasteiger partial charge in [-0.15, -0.1) is 0 Å². The number of aromatic hydroxyl groups is 1. The fourth-order valence-electron chi connectivity index (χ4n) is 2.12. The van der Waals surface area contributed by atoms with Gasteiger partial charge in [0.1, 0.15) is 0 Å². The maximum Gasteiger partial charge on any atom is 0.200 e. The molecule has 0 aliphatic heterocycles. The number of rotatable bonds is 4. The standard InChI is InChI=1S/C15H15N3O/c19-15-13-7-4-8-17-14(13)11-18(15)10-9-16-12-5-2-1-3-6-12/h1-8,11,16,19H,9-10H2. The van der Waals surface area contributed by atoms with Crippen molar-refractivity contribution < 1.29 is 5.11 Å². The smallest absolute Gasteiger partial charge is 0.200 e. The largest absolute Gasteiger partial charge is 0.494 e. The summed E-state index contributed by atoms with van der Waals surface area (Å²) >= 11 is 0. The number of pyridine rings is 1. The van der Waals surface area contributed by atoms with Crippen LogP contribution in [0.1, 0.15) is 0 Å². The number of hydrogen-bond donors (Lipinski definition) is 2. The molecule has 0 fully saturated rings. The topological polar surface area (TPSA) is 50.1 Å². The van der Waals surface area contributed by atoms with Gasteiger partial charge in [-0.05, 0) is 24.3 Å². The minimum atomic E-state index is 0.276. The molecule has 0 amide bonds. The van der Waals surface area contributed by atoms with Gasteiger partial charge < -0.3 is 15.0 Å². The second kappa shape index (κ2) is 5.02. The molecule has 0 unspecified atom stereocenters. The fourth-order valence-corrected chi connectivity index (χ4v) is 2.12. The zero-order chi connectivity index (χ0) is 13.1. The second-order valence-corrected chi connectivity index (χ2v) is 4.38. The third kappa shape index (κ3) is 2.38. The van der Waals surface area contributed by atoms with Crippen LogP contribution in [-0.2, 0) is 6.54 Å². The molecule has 0 saturated heterocycles. The van der Waals surface area contributed by atoms with Gasteiger partial charge >= 0.3 is 0 Å².